The van der Waals surface area contributed by atoms with Crippen molar-refractivity contribution in [3.05, 3.63) is 43.7 Å². The summed E-state index contributed by atoms with van der Waals surface area (Å²) in [6.07, 6.45) is 3.68. The Morgan fingerprint density at radius 2 is 2.08 bits per heavy atom. The van der Waals surface area contributed by atoms with Crippen molar-refractivity contribution < 1.29 is 9.67 Å². The Balaban J connectivity index is 2.86. The normalized spacial score (nSPS) is 10.4. The van der Waals surface area contributed by atoms with Gasteiger partial charge in [0.2, 0.25) is 7.05 Å². The predicted octanol–water partition coefficient (Wildman–Crippen LogP) is 1.47. The number of hydrogen-bond acceptors (Lipinski definition) is 1. The van der Waals surface area contributed by atoms with Gasteiger partial charge in [-0.05, 0) is 12.1 Å². The van der Waals surface area contributed by atoms with E-state index >= 15 is 0 Å². The highest BCUT2D eigenvalue weighted by atomic mass is 16.3. The summed E-state index contributed by atoms with van der Waals surface area (Å²) in [5.74, 6) is 0.313. The molecule has 0 saturated heterocycles. The molecule has 0 unspecified atom stereocenters. The molecule has 1 N–H and O–H groups in total. The van der Waals surface area contributed by atoms with Gasteiger partial charge in [0.05, 0.1) is 0 Å². The maximum atomic E-state index is 9.43. The maximum absolute atomic E-state index is 9.43. The van der Waals surface area contributed by atoms with E-state index in [-0.39, 0.29) is 0 Å². The molecule has 0 saturated carbocycles. The van der Waals surface area contributed by atoms with Crippen LogP contribution in [0.3, 0.4) is 0 Å². The van der Waals surface area contributed by atoms with Crippen molar-refractivity contribution >= 4 is 10.8 Å². The van der Waals surface area contributed by atoms with Crippen LogP contribution in [0.5, 0.6) is 5.75 Å². The molecule has 59 valence electrons. The summed E-state index contributed by atoms with van der Waals surface area (Å²) < 4.78 is 1.71. The molecular weight excluding hydrogens is 150 g/mol. The summed E-state index contributed by atoms with van der Waals surface area (Å²) in [4.78, 5) is 0. The molecule has 0 spiro atoms. The third-order valence-corrected chi connectivity index (χ3v) is 1.85. The Kier molecular flexibility index (Phi) is 1.47. The number of fused-ring (bicyclic) bond motifs is 1. The lowest BCUT2D eigenvalue weighted by Gasteiger charge is -1.96. The second-order valence-corrected chi connectivity index (χ2v) is 2.74. The molecule has 0 aliphatic heterocycles. The molecule has 0 atom stereocenters. The van der Waals surface area contributed by atoms with Gasteiger partial charge in [-0.15, -0.1) is 0 Å². The van der Waals surface area contributed by atoms with Crippen molar-refractivity contribution in [1.82, 2.24) is 0 Å². The van der Waals surface area contributed by atoms with Crippen molar-refractivity contribution in [3.63, 3.8) is 0 Å². The standard InChI is InChI=1S/C10H9NO/c1-11-6-5-9-8(7-11)3-2-4-10(9)12/h2-7,12H,1H2/q+1. The quantitative estimate of drug-likeness (QED) is 0.578. The Morgan fingerprint density at radius 1 is 1.25 bits per heavy atom. The maximum Gasteiger partial charge on any atom is 0.206 e. The van der Waals surface area contributed by atoms with Crippen LogP contribution < -0.4 is 4.57 Å². The van der Waals surface area contributed by atoms with E-state index in [9.17, 15) is 5.11 Å². The van der Waals surface area contributed by atoms with Crippen molar-refractivity contribution in [2.24, 2.45) is 0 Å². The van der Waals surface area contributed by atoms with E-state index in [1.54, 1.807) is 10.6 Å². The molecule has 1 heterocycles. The molecule has 0 aliphatic rings. The smallest absolute Gasteiger partial charge is 0.206 e. The zero-order valence-electron chi connectivity index (χ0n) is 6.57. The van der Waals surface area contributed by atoms with Crippen molar-refractivity contribution in [3.8, 4) is 5.75 Å². The van der Waals surface area contributed by atoms with E-state index in [1.807, 2.05) is 30.6 Å². The summed E-state index contributed by atoms with van der Waals surface area (Å²) in [6, 6.07) is 7.28. The number of hydrogen-bond donors (Lipinski definition) is 1. The van der Waals surface area contributed by atoms with E-state index in [1.165, 1.54) is 0 Å². The van der Waals surface area contributed by atoms with Gasteiger partial charge in [-0.3, -0.25) is 0 Å². The molecule has 2 aromatic rings. The number of benzene rings is 1. The molecule has 2 heteroatoms. The highest BCUT2D eigenvalue weighted by Gasteiger charge is 2.01. The Labute approximate surface area is 70.7 Å². The zero-order valence-corrected chi connectivity index (χ0v) is 6.57. The van der Waals surface area contributed by atoms with Crippen LogP contribution in [0.1, 0.15) is 0 Å². The minimum Gasteiger partial charge on any atom is -0.507 e. The largest absolute Gasteiger partial charge is 0.507 e. The summed E-state index contributed by atoms with van der Waals surface area (Å²) in [7, 11) is 3.74. The lowest BCUT2D eigenvalue weighted by Crippen LogP contribution is -2.22. The number of phenols is 1. The Bertz CT molecular complexity index is 423. The lowest BCUT2D eigenvalue weighted by atomic mass is 10.1. The Morgan fingerprint density at radius 3 is 2.92 bits per heavy atom. The van der Waals surface area contributed by atoms with E-state index in [4.69, 9.17) is 0 Å². The van der Waals surface area contributed by atoms with E-state index in [2.05, 4.69) is 7.05 Å². The molecule has 12 heavy (non-hydrogen) atoms. The minimum atomic E-state index is 0.313. The number of nitrogens with zero attached hydrogens (tertiary/aromatic N) is 1. The molecule has 2 rings (SSSR count). The highest BCUT2D eigenvalue weighted by molar-refractivity contribution is 5.86. The van der Waals surface area contributed by atoms with Crippen LogP contribution in [0.2, 0.25) is 0 Å². The van der Waals surface area contributed by atoms with Crippen LogP contribution in [0.4, 0.5) is 0 Å². The first-order valence-corrected chi connectivity index (χ1v) is 3.71. The molecule has 1 aromatic heterocycles. The third-order valence-electron chi connectivity index (χ3n) is 1.85. The summed E-state index contributed by atoms with van der Waals surface area (Å²) in [5.41, 5.74) is 0. The monoisotopic (exact) mass is 159 g/mol. The van der Waals surface area contributed by atoms with Gasteiger partial charge in [-0.2, -0.15) is 4.57 Å². The highest BCUT2D eigenvalue weighted by Crippen LogP contribution is 2.21. The number of phenolic OH excluding ortho intramolecular Hbond substituents is 1. The fraction of sp³-hybridized carbons (Fsp3) is 0. The average Bonchev–Trinajstić information content (AvgIpc) is 2.04. The van der Waals surface area contributed by atoms with Crippen LogP contribution in [-0.2, 0) is 0 Å². The van der Waals surface area contributed by atoms with Crippen molar-refractivity contribution in [2.45, 2.75) is 0 Å². The van der Waals surface area contributed by atoms with Gasteiger partial charge in [0.15, 0.2) is 12.4 Å². The average molecular weight is 159 g/mol. The van der Waals surface area contributed by atoms with Gasteiger partial charge in [0.1, 0.15) is 5.75 Å². The first-order valence-electron chi connectivity index (χ1n) is 3.71. The molecule has 1 aromatic carbocycles. The fourth-order valence-corrected chi connectivity index (χ4v) is 1.26. The topological polar surface area (TPSA) is 24.1 Å². The van der Waals surface area contributed by atoms with Gasteiger partial charge in [0.25, 0.3) is 0 Å². The van der Waals surface area contributed by atoms with E-state index in [0.29, 0.717) is 5.75 Å². The molecule has 1 radical (unpaired) electrons. The molecule has 2 nitrogen and oxygen atoms in total. The van der Waals surface area contributed by atoms with E-state index in [0.717, 1.165) is 10.8 Å². The van der Waals surface area contributed by atoms with E-state index < -0.39 is 0 Å². The molecule has 0 fully saturated rings. The van der Waals surface area contributed by atoms with Crippen LogP contribution in [-0.4, -0.2) is 5.11 Å². The second kappa shape index (κ2) is 2.48. The number of rotatable bonds is 0. The van der Waals surface area contributed by atoms with Gasteiger partial charge in [0, 0.05) is 16.8 Å². The van der Waals surface area contributed by atoms with Crippen LogP contribution in [0.25, 0.3) is 10.8 Å². The van der Waals surface area contributed by atoms with Crippen LogP contribution >= 0.6 is 0 Å². The van der Waals surface area contributed by atoms with Gasteiger partial charge in [-0.25, -0.2) is 0 Å². The van der Waals surface area contributed by atoms with Crippen molar-refractivity contribution in [1.29, 1.82) is 0 Å². The fourth-order valence-electron chi connectivity index (χ4n) is 1.26. The number of pyridine rings is 1. The molecular formula is C10H9NO+. The summed E-state index contributed by atoms with van der Waals surface area (Å²) in [5, 5.41) is 11.3. The molecule has 0 aliphatic carbocycles. The Hall–Kier alpha value is -1.57. The molecule has 0 amide bonds. The summed E-state index contributed by atoms with van der Waals surface area (Å²) >= 11 is 0. The second-order valence-electron chi connectivity index (χ2n) is 2.74. The first-order chi connectivity index (χ1) is 5.77. The SMILES string of the molecule is [CH2][n+]1ccc2c(O)cccc2c1. The van der Waals surface area contributed by atoms with Gasteiger partial charge >= 0.3 is 0 Å². The van der Waals surface area contributed by atoms with Gasteiger partial charge in [-0.1, -0.05) is 6.07 Å². The third kappa shape index (κ3) is 1.01. The zero-order chi connectivity index (χ0) is 8.55. The first kappa shape index (κ1) is 7.10. The lowest BCUT2D eigenvalue weighted by molar-refractivity contribution is -0.610. The summed E-state index contributed by atoms with van der Waals surface area (Å²) in [6.45, 7) is 0. The molecule has 0 bridgehead atoms. The van der Waals surface area contributed by atoms with Crippen molar-refractivity contribution in [2.75, 3.05) is 0 Å². The number of aromatic nitrogens is 1. The van der Waals surface area contributed by atoms with Crippen LogP contribution in [0, 0.1) is 7.05 Å². The predicted molar refractivity (Wildman–Crippen MR) is 46.6 cm³/mol. The van der Waals surface area contributed by atoms with Gasteiger partial charge < -0.3 is 5.11 Å². The van der Waals surface area contributed by atoms with Crippen LogP contribution in [0.15, 0.2) is 36.7 Å². The minimum absolute atomic E-state index is 0.313. The number of aromatic hydroxyl groups is 1.